The zero-order valence-corrected chi connectivity index (χ0v) is 18.7. The van der Waals surface area contributed by atoms with E-state index in [0.29, 0.717) is 16.7 Å². The third-order valence-corrected chi connectivity index (χ3v) is 7.48. The van der Waals surface area contributed by atoms with Gasteiger partial charge in [-0.15, -0.1) is 0 Å². The summed E-state index contributed by atoms with van der Waals surface area (Å²) in [7, 11) is 0. The van der Waals surface area contributed by atoms with Gasteiger partial charge < -0.3 is 10.0 Å². The molecule has 3 fully saturated rings. The number of benzene rings is 1. The van der Waals surface area contributed by atoms with Crippen LogP contribution in [-0.4, -0.2) is 48.7 Å². The van der Waals surface area contributed by atoms with Crippen molar-refractivity contribution in [1.29, 1.82) is 0 Å². The van der Waals surface area contributed by atoms with Crippen LogP contribution in [0.25, 0.3) is 0 Å². The Labute approximate surface area is 176 Å². The average Bonchev–Trinajstić information content (AvgIpc) is 3.41. The highest BCUT2D eigenvalue weighted by Gasteiger charge is 2.51. The van der Waals surface area contributed by atoms with E-state index in [9.17, 15) is 9.90 Å². The van der Waals surface area contributed by atoms with Crippen molar-refractivity contribution in [2.45, 2.75) is 65.7 Å². The molecule has 29 heavy (non-hydrogen) atoms. The number of nitrogens with zero attached hydrogens (tertiary/aromatic N) is 2. The maximum atomic E-state index is 11.5. The van der Waals surface area contributed by atoms with Crippen LogP contribution in [0.2, 0.25) is 0 Å². The van der Waals surface area contributed by atoms with Crippen LogP contribution in [-0.2, 0) is 4.79 Å². The van der Waals surface area contributed by atoms with Gasteiger partial charge in [-0.05, 0) is 60.5 Å². The van der Waals surface area contributed by atoms with Crippen LogP contribution in [0.15, 0.2) is 24.3 Å². The summed E-state index contributed by atoms with van der Waals surface area (Å²) in [5, 5.41) is 9.49. The van der Waals surface area contributed by atoms with E-state index >= 15 is 0 Å². The van der Waals surface area contributed by atoms with Crippen molar-refractivity contribution < 1.29 is 9.90 Å². The minimum absolute atomic E-state index is 0.383. The van der Waals surface area contributed by atoms with E-state index in [4.69, 9.17) is 0 Å². The monoisotopic (exact) mass is 398 g/mol. The molecule has 4 nitrogen and oxygen atoms in total. The lowest BCUT2D eigenvalue weighted by Crippen LogP contribution is -2.49. The molecule has 1 aromatic rings. The summed E-state index contributed by atoms with van der Waals surface area (Å²) < 4.78 is 0. The number of para-hydroxylation sites is 1. The summed E-state index contributed by atoms with van der Waals surface area (Å²) in [5.74, 6) is 0.0116. The minimum atomic E-state index is -0.604. The van der Waals surface area contributed by atoms with E-state index in [1.54, 1.807) is 0 Å². The molecule has 3 aliphatic rings. The van der Waals surface area contributed by atoms with Crippen molar-refractivity contribution in [3.05, 3.63) is 29.8 Å². The van der Waals surface area contributed by atoms with Crippen LogP contribution in [0.4, 0.5) is 5.69 Å². The van der Waals surface area contributed by atoms with Crippen LogP contribution < -0.4 is 4.90 Å². The highest BCUT2D eigenvalue weighted by atomic mass is 16.4. The highest BCUT2D eigenvalue weighted by molar-refractivity contribution is 5.78. The number of carbonyl (C=O) groups is 1. The van der Waals surface area contributed by atoms with Gasteiger partial charge in [0.25, 0.3) is 0 Å². The lowest BCUT2D eigenvalue weighted by molar-refractivity contribution is -0.144. The Morgan fingerprint density at radius 1 is 1.00 bits per heavy atom. The molecule has 0 atom stereocenters. The molecule has 1 saturated heterocycles. The second-order valence-corrected chi connectivity index (χ2v) is 11.5. The van der Waals surface area contributed by atoms with Crippen LogP contribution in [0.1, 0.15) is 71.3 Å². The molecule has 1 heterocycles. The zero-order chi connectivity index (χ0) is 20.9. The SMILES string of the molecule is CC1(C)CC(c2ccccc2N2CCN(CC3(C(=O)O)CC3)CC2)CC(C)(C)C1. The summed E-state index contributed by atoms with van der Waals surface area (Å²) >= 11 is 0. The minimum Gasteiger partial charge on any atom is -0.481 e. The first-order chi connectivity index (χ1) is 13.6. The van der Waals surface area contributed by atoms with E-state index in [-0.39, 0.29) is 0 Å². The average molecular weight is 399 g/mol. The molecule has 0 spiro atoms. The number of aliphatic carboxylic acids is 1. The third kappa shape index (κ3) is 4.47. The number of piperazine rings is 1. The molecule has 0 amide bonds. The van der Waals surface area contributed by atoms with Crippen molar-refractivity contribution in [2.75, 3.05) is 37.6 Å². The van der Waals surface area contributed by atoms with Crippen molar-refractivity contribution in [2.24, 2.45) is 16.2 Å². The second-order valence-electron chi connectivity index (χ2n) is 11.5. The van der Waals surface area contributed by atoms with Gasteiger partial charge >= 0.3 is 5.97 Å². The lowest BCUT2D eigenvalue weighted by Gasteiger charge is -2.46. The molecule has 2 saturated carbocycles. The second kappa shape index (κ2) is 7.30. The smallest absolute Gasteiger partial charge is 0.310 e. The maximum absolute atomic E-state index is 11.5. The van der Waals surface area contributed by atoms with E-state index in [1.807, 2.05) is 0 Å². The van der Waals surface area contributed by atoms with Gasteiger partial charge in [-0.2, -0.15) is 0 Å². The summed E-state index contributed by atoms with van der Waals surface area (Å²) in [6.07, 6.45) is 5.50. The van der Waals surface area contributed by atoms with E-state index in [2.05, 4.69) is 61.8 Å². The number of hydrogen-bond acceptors (Lipinski definition) is 3. The van der Waals surface area contributed by atoms with Crippen LogP contribution in [0.3, 0.4) is 0 Å². The number of carboxylic acids is 1. The summed E-state index contributed by atoms with van der Waals surface area (Å²) in [5.41, 5.74) is 3.25. The van der Waals surface area contributed by atoms with Crippen molar-refractivity contribution in [3.8, 4) is 0 Å². The standard InChI is InChI=1S/C25H38N2O2/c1-23(2)15-19(16-24(3,4)17-23)20-7-5-6-8-21(20)27-13-11-26(12-14-27)18-25(9-10-25)22(28)29/h5-8,19H,9-18H2,1-4H3,(H,28,29). The zero-order valence-electron chi connectivity index (χ0n) is 18.7. The number of hydrogen-bond donors (Lipinski definition) is 1. The summed E-state index contributed by atoms with van der Waals surface area (Å²) in [6.45, 7) is 14.4. The molecule has 160 valence electrons. The van der Waals surface area contributed by atoms with Gasteiger partial charge in [0.2, 0.25) is 0 Å². The quantitative estimate of drug-likeness (QED) is 0.758. The first-order valence-corrected chi connectivity index (χ1v) is 11.4. The van der Waals surface area contributed by atoms with Crippen LogP contribution >= 0.6 is 0 Å². The topological polar surface area (TPSA) is 43.8 Å². The van der Waals surface area contributed by atoms with Crippen molar-refractivity contribution in [1.82, 2.24) is 4.90 Å². The Kier molecular flexibility index (Phi) is 5.21. The summed E-state index contributed by atoms with van der Waals surface area (Å²) in [4.78, 5) is 16.4. The van der Waals surface area contributed by atoms with Crippen molar-refractivity contribution >= 4 is 11.7 Å². The predicted molar refractivity (Wildman–Crippen MR) is 119 cm³/mol. The number of rotatable bonds is 5. The fourth-order valence-corrected chi connectivity index (χ4v) is 6.35. The maximum Gasteiger partial charge on any atom is 0.310 e. The van der Waals surface area contributed by atoms with Crippen LogP contribution in [0.5, 0.6) is 0 Å². The molecule has 1 aromatic carbocycles. The van der Waals surface area contributed by atoms with E-state index in [1.165, 1.54) is 30.5 Å². The van der Waals surface area contributed by atoms with E-state index in [0.717, 1.165) is 45.6 Å². The Hall–Kier alpha value is -1.55. The summed E-state index contributed by atoms with van der Waals surface area (Å²) in [6, 6.07) is 9.04. The lowest BCUT2D eigenvalue weighted by atomic mass is 9.60. The largest absolute Gasteiger partial charge is 0.481 e. The number of anilines is 1. The molecule has 1 N–H and O–H groups in total. The molecular formula is C25H38N2O2. The molecule has 0 unspecified atom stereocenters. The Bertz CT molecular complexity index is 742. The molecule has 0 radical (unpaired) electrons. The highest BCUT2D eigenvalue weighted by Crippen LogP contribution is 2.53. The molecule has 2 aliphatic carbocycles. The van der Waals surface area contributed by atoms with Gasteiger partial charge in [-0.25, -0.2) is 0 Å². The number of carboxylic acid groups (broad SMARTS) is 1. The van der Waals surface area contributed by atoms with Gasteiger partial charge in [0.15, 0.2) is 0 Å². The molecule has 4 heteroatoms. The van der Waals surface area contributed by atoms with Gasteiger partial charge in [0.1, 0.15) is 0 Å². The van der Waals surface area contributed by atoms with E-state index < -0.39 is 11.4 Å². The molecule has 0 aromatic heterocycles. The van der Waals surface area contributed by atoms with Gasteiger partial charge in [-0.3, -0.25) is 9.69 Å². The van der Waals surface area contributed by atoms with Crippen molar-refractivity contribution in [3.63, 3.8) is 0 Å². The molecule has 4 rings (SSSR count). The first-order valence-electron chi connectivity index (χ1n) is 11.4. The first kappa shape index (κ1) is 20.7. The normalized spacial score (nSPS) is 26.3. The Balaban J connectivity index is 1.46. The Morgan fingerprint density at radius 2 is 1.59 bits per heavy atom. The third-order valence-electron chi connectivity index (χ3n) is 7.48. The van der Waals surface area contributed by atoms with Gasteiger partial charge in [0, 0.05) is 38.4 Å². The molecular weight excluding hydrogens is 360 g/mol. The van der Waals surface area contributed by atoms with Gasteiger partial charge in [-0.1, -0.05) is 45.9 Å². The van der Waals surface area contributed by atoms with Gasteiger partial charge in [0.05, 0.1) is 5.41 Å². The molecule has 1 aliphatic heterocycles. The Morgan fingerprint density at radius 3 is 2.14 bits per heavy atom. The fourth-order valence-electron chi connectivity index (χ4n) is 6.35. The predicted octanol–water partition coefficient (Wildman–Crippen LogP) is 4.99. The fraction of sp³-hybridized carbons (Fsp3) is 0.720. The van der Waals surface area contributed by atoms with Crippen LogP contribution in [0, 0.1) is 16.2 Å². The molecule has 0 bridgehead atoms.